The molecule has 0 aromatic rings. The van der Waals surface area contributed by atoms with E-state index in [-0.39, 0.29) is 0 Å². The van der Waals surface area contributed by atoms with Gasteiger partial charge in [0.15, 0.2) is 0 Å². The van der Waals surface area contributed by atoms with Crippen molar-refractivity contribution in [2.24, 2.45) is 0 Å². The van der Waals surface area contributed by atoms with Crippen LogP contribution in [0, 0.1) is 0 Å². The second-order valence-electron chi connectivity index (χ2n) is 8.57. The minimum absolute atomic E-state index is 0.295. The molecule has 1 aliphatic heterocycles. The zero-order chi connectivity index (χ0) is 18.4. The Balaban J connectivity index is 2.57. The lowest BCUT2D eigenvalue weighted by Gasteiger charge is -2.48. The van der Waals surface area contributed by atoms with Gasteiger partial charge in [0.1, 0.15) is 0 Å². The number of hydrogen-bond acceptors (Lipinski definition) is 4. The smallest absolute Gasteiger partial charge is 0.334 e. The number of hydrogen-bond donors (Lipinski definition) is 0. The van der Waals surface area contributed by atoms with Crippen LogP contribution in [0.5, 0.6) is 0 Å². The van der Waals surface area contributed by atoms with E-state index < -0.39 is 17.4 Å². The van der Waals surface area contributed by atoms with Crippen LogP contribution in [-0.2, 0) is 8.85 Å². The zero-order valence-corrected chi connectivity index (χ0v) is 19.7. The van der Waals surface area contributed by atoms with Gasteiger partial charge < -0.3 is 13.8 Å². The molecule has 1 saturated heterocycles. The quantitative estimate of drug-likeness (QED) is 0.578. The maximum Gasteiger partial charge on any atom is 0.334 e. The Morgan fingerprint density at radius 3 is 2.12 bits per heavy atom. The Hall–Kier alpha value is 0.274. The highest BCUT2D eigenvalue weighted by Gasteiger charge is 2.35. The van der Waals surface area contributed by atoms with Crippen LogP contribution < -0.4 is 0 Å². The predicted molar refractivity (Wildman–Crippen MR) is 110 cm³/mol. The van der Waals surface area contributed by atoms with Gasteiger partial charge in [0, 0.05) is 44.1 Å². The van der Waals surface area contributed by atoms with Crippen molar-refractivity contribution in [3.05, 3.63) is 0 Å². The van der Waals surface area contributed by atoms with E-state index in [0.29, 0.717) is 5.54 Å². The minimum atomic E-state index is -1.95. The van der Waals surface area contributed by atoms with Gasteiger partial charge in [0.05, 0.1) is 8.80 Å². The van der Waals surface area contributed by atoms with Crippen LogP contribution in [0.15, 0.2) is 0 Å². The van der Waals surface area contributed by atoms with Crippen LogP contribution in [0.3, 0.4) is 0 Å². The highest BCUT2D eigenvalue weighted by molar-refractivity contribution is 6.66. The number of nitrogens with zero attached hydrogens (tertiary/aromatic N) is 2. The molecular formula is C18H42N2O2Si2. The van der Waals surface area contributed by atoms with Crippen LogP contribution in [0.4, 0.5) is 0 Å². The van der Waals surface area contributed by atoms with Crippen LogP contribution >= 0.6 is 0 Å². The molecule has 0 N–H and O–H groups in total. The molecule has 0 saturated carbocycles. The molecule has 0 aromatic heterocycles. The summed E-state index contributed by atoms with van der Waals surface area (Å²) in [5, 5.41) is 0. The summed E-state index contributed by atoms with van der Waals surface area (Å²) in [4.78, 5) is 5.45. The van der Waals surface area contributed by atoms with Gasteiger partial charge in [-0.1, -0.05) is 13.1 Å². The first-order valence-corrected chi connectivity index (χ1v) is 15.4. The molecule has 4 nitrogen and oxygen atoms in total. The third-order valence-electron chi connectivity index (χ3n) is 5.23. The molecule has 1 rings (SSSR count). The van der Waals surface area contributed by atoms with Crippen molar-refractivity contribution >= 4 is 17.4 Å². The third-order valence-corrected chi connectivity index (χ3v) is 10.5. The van der Waals surface area contributed by atoms with E-state index in [1.807, 2.05) is 0 Å². The SMILES string of the molecule is CCO[Si](C)(CCCN1CCN(C(C)(C)C)CC1[SiH](C)C)OCC. The fourth-order valence-corrected chi connectivity index (χ4v) is 7.98. The summed E-state index contributed by atoms with van der Waals surface area (Å²) in [5.41, 5.74) is 1.09. The van der Waals surface area contributed by atoms with Gasteiger partial charge >= 0.3 is 8.56 Å². The van der Waals surface area contributed by atoms with Crippen molar-refractivity contribution in [2.45, 2.75) is 77.9 Å². The molecule has 0 radical (unpaired) electrons. The molecule has 1 fully saturated rings. The van der Waals surface area contributed by atoms with Crippen molar-refractivity contribution in [1.29, 1.82) is 0 Å². The maximum atomic E-state index is 5.99. The molecule has 1 heterocycles. The Kier molecular flexibility index (Phi) is 9.14. The zero-order valence-electron chi connectivity index (χ0n) is 17.5. The molecule has 0 spiro atoms. The lowest BCUT2D eigenvalue weighted by Crippen LogP contribution is -2.61. The van der Waals surface area contributed by atoms with Crippen LogP contribution in [0.2, 0.25) is 25.7 Å². The molecule has 1 unspecified atom stereocenters. The summed E-state index contributed by atoms with van der Waals surface area (Å²) in [6, 6.07) is 1.11. The van der Waals surface area contributed by atoms with E-state index >= 15 is 0 Å². The number of piperazine rings is 1. The fourth-order valence-electron chi connectivity index (χ4n) is 3.77. The minimum Gasteiger partial charge on any atom is -0.395 e. The van der Waals surface area contributed by atoms with Gasteiger partial charge in [-0.05, 0) is 60.2 Å². The molecule has 0 aromatic carbocycles. The summed E-state index contributed by atoms with van der Waals surface area (Å²) in [6.45, 7) is 24.9. The average Bonchev–Trinajstić information content (AvgIpc) is 2.46. The summed E-state index contributed by atoms with van der Waals surface area (Å²) in [7, 11) is -2.65. The molecule has 6 heteroatoms. The summed E-state index contributed by atoms with van der Waals surface area (Å²) < 4.78 is 12.0. The van der Waals surface area contributed by atoms with Gasteiger partial charge in [-0.25, -0.2) is 0 Å². The molecule has 1 aliphatic rings. The second-order valence-corrected chi connectivity index (χ2v) is 15.2. The second kappa shape index (κ2) is 9.83. The summed E-state index contributed by atoms with van der Waals surface area (Å²) >= 11 is 0. The van der Waals surface area contributed by atoms with E-state index in [9.17, 15) is 0 Å². The Bertz CT molecular complexity index is 355. The van der Waals surface area contributed by atoms with Crippen molar-refractivity contribution in [3.8, 4) is 0 Å². The van der Waals surface area contributed by atoms with E-state index in [0.717, 1.165) is 24.9 Å². The molecule has 0 aliphatic carbocycles. The van der Waals surface area contributed by atoms with E-state index in [2.05, 4.69) is 64.1 Å². The van der Waals surface area contributed by atoms with E-state index in [4.69, 9.17) is 8.85 Å². The Morgan fingerprint density at radius 1 is 1.08 bits per heavy atom. The normalized spacial score (nSPS) is 21.6. The topological polar surface area (TPSA) is 24.9 Å². The molecule has 1 atom stereocenters. The first kappa shape index (κ1) is 22.3. The molecule has 0 bridgehead atoms. The van der Waals surface area contributed by atoms with Crippen molar-refractivity contribution in [3.63, 3.8) is 0 Å². The monoisotopic (exact) mass is 374 g/mol. The molecular weight excluding hydrogens is 332 g/mol. The highest BCUT2D eigenvalue weighted by atomic mass is 28.4. The van der Waals surface area contributed by atoms with Crippen molar-refractivity contribution < 1.29 is 8.85 Å². The first-order valence-electron chi connectivity index (χ1n) is 9.90. The Labute approximate surface area is 153 Å². The standard InChI is InChI=1S/C18H42N2O2Si2/c1-9-21-24(8,22-10-2)15-11-12-19-13-14-20(18(3,4)5)16-17(19)23(6)7/h17,23H,9-16H2,1-8H3. The largest absolute Gasteiger partial charge is 0.395 e. The third kappa shape index (κ3) is 6.88. The van der Waals surface area contributed by atoms with Gasteiger partial charge in [0.2, 0.25) is 0 Å². The lowest BCUT2D eigenvalue weighted by molar-refractivity contribution is 0.0462. The first-order chi connectivity index (χ1) is 11.1. The van der Waals surface area contributed by atoms with Crippen molar-refractivity contribution in [1.82, 2.24) is 9.80 Å². The van der Waals surface area contributed by atoms with Gasteiger partial charge in [-0.3, -0.25) is 4.90 Å². The maximum absolute atomic E-state index is 5.99. The van der Waals surface area contributed by atoms with Crippen LogP contribution in [0.1, 0.15) is 41.0 Å². The predicted octanol–water partition coefficient (Wildman–Crippen LogP) is 3.33. The summed E-state index contributed by atoms with van der Waals surface area (Å²) in [6.07, 6.45) is 1.20. The summed E-state index contributed by atoms with van der Waals surface area (Å²) in [5.74, 6) is 0. The molecule has 0 amide bonds. The van der Waals surface area contributed by atoms with Crippen LogP contribution in [0.25, 0.3) is 0 Å². The van der Waals surface area contributed by atoms with E-state index in [1.54, 1.807) is 0 Å². The number of rotatable bonds is 9. The molecule has 24 heavy (non-hydrogen) atoms. The van der Waals surface area contributed by atoms with Gasteiger partial charge in [-0.2, -0.15) is 0 Å². The average molecular weight is 375 g/mol. The highest BCUT2D eigenvalue weighted by Crippen LogP contribution is 2.22. The Morgan fingerprint density at radius 2 is 1.67 bits per heavy atom. The van der Waals surface area contributed by atoms with Crippen LogP contribution in [-0.4, -0.2) is 77.8 Å². The lowest BCUT2D eigenvalue weighted by atomic mass is 10.0. The fraction of sp³-hybridized carbons (Fsp3) is 1.00. The van der Waals surface area contributed by atoms with Gasteiger partial charge in [0.25, 0.3) is 0 Å². The van der Waals surface area contributed by atoms with Gasteiger partial charge in [-0.15, -0.1) is 0 Å². The van der Waals surface area contributed by atoms with Crippen molar-refractivity contribution in [2.75, 3.05) is 39.4 Å². The van der Waals surface area contributed by atoms with E-state index in [1.165, 1.54) is 32.6 Å². The molecule has 144 valence electrons.